The van der Waals surface area contributed by atoms with Crippen LogP contribution in [0.4, 0.5) is 5.69 Å². The molecule has 16 heavy (non-hydrogen) atoms. The van der Waals surface area contributed by atoms with E-state index in [1.54, 1.807) is 4.90 Å². The molecule has 2 nitrogen and oxygen atoms in total. The summed E-state index contributed by atoms with van der Waals surface area (Å²) in [5, 5.41) is 0. The molecule has 0 aliphatic carbocycles. The zero-order valence-electron chi connectivity index (χ0n) is 10.4. The summed E-state index contributed by atoms with van der Waals surface area (Å²) in [6.45, 7) is 6.40. The van der Waals surface area contributed by atoms with E-state index in [2.05, 4.69) is 26.8 Å². The van der Waals surface area contributed by atoms with Crippen LogP contribution in [0.15, 0.2) is 24.3 Å². The van der Waals surface area contributed by atoms with Crippen molar-refractivity contribution in [3.63, 3.8) is 0 Å². The number of amides is 1. The van der Waals surface area contributed by atoms with Crippen molar-refractivity contribution >= 4 is 11.6 Å². The fraction of sp³-hybridized carbons (Fsp3) is 0.500. The number of fused-ring (bicyclic) bond motifs is 1. The predicted octanol–water partition coefficient (Wildman–Crippen LogP) is 2.97. The highest BCUT2D eigenvalue weighted by Crippen LogP contribution is 2.44. The maximum Gasteiger partial charge on any atom is 0.237 e. The van der Waals surface area contributed by atoms with E-state index in [1.807, 2.05) is 25.2 Å². The summed E-state index contributed by atoms with van der Waals surface area (Å²) in [5.74, 6) is 0.746. The Kier molecular flexibility index (Phi) is 2.53. The molecule has 1 aliphatic rings. The lowest BCUT2D eigenvalue weighted by Crippen LogP contribution is -2.37. The van der Waals surface area contributed by atoms with E-state index in [0.29, 0.717) is 5.92 Å². The van der Waals surface area contributed by atoms with E-state index < -0.39 is 0 Å². The van der Waals surface area contributed by atoms with Crippen LogP contribution >= 0.6 is 0 Å². The minimum atomic E-state index is -0.334. The summed E-state index contributed by atoms with van der Waals surface area (Å²) in [4.78, 5) is 14.1. The molecule has 0 saturated carbocycles. The number of carbonyl (C=O) groups is 1. The molecule has 1 unspecified atom stereocenters. The van der Waals surface area contributed by atoms with Gasteiger partial charge >= 0.3 is 0 Å². The molecule has 0 radical (unpaired) electrons. The van der Waals surface area contributed by atoms with Crippen LogP contribution in [0.3, 0.4) is 0 Å². The third-order valence-corrected chi connectivity index (χ3v) is 3.45. The molecule has 0 N–H and O–H groups in total. The highest BCUT2D eigenvalue weighted by Gasteiger charge is 2.45. The normalized spacial score (nSPS) is 24.1. The predicted molar refractivity (Wildman–Crippen MR) is 66.7 cm³/mol. The van der Waals surface area contributed by atoms with Crippen molar-refractivity contribution < 1.29 is 4.79 Å². The molecule has 0 bridgehead atoms. The van der Waals surface area contributed by atoms with Gasteiger partial charge in [0.05, 0.1) is 5.41 Å². The van der Waals surface area contributed by atoms with E-state index in [9.17, 15) is 4.79 Å². The first-order valence-electron chi connectivity index (χ1n) is 5.84. The summed E-state index contributed by atoms with van der Waals surface area (Å²) < 4.78 is 0. The number of likely N-dealkylation sites (N-methyl/N-ethyl adjacent to an activating group) is 1. The maximum absolute atomic E-state index is 12.3. The summed E-state index contributed by atoms with van der Waals surface area (Å²) >= 11 is 0. The van der Waals surface area contributed by atoms with Gasteiger partial charge in [0, 0.05) is 12.7 Å². The van der Waals surface area contributed by atoms with Crippen molar-refractivity contribution in [2.24, 2.45) is 5.92 Å². The monoisotopic (exact) mass is 217 g/mol. The van der Waals surface area contributed by atoms with Crippen molar-refractivity contribution in [2.75, 3.05) is 11.9 Å². The molecule has 1 atom stereocenters. The summed E-state index contributed by atoms with van der Waals surface area (Å²) in [6, 6.07) is 8.12. The fourth-order valence-corrected chi connectivity index (χ4v) is 2.84. The van der Waals surface area contributed by atoms with Gasteiger partial charge in [-0.3, -0.25) is 4.79 Å². The van der Waals surface area contributed by atoms with E-state index in [4.69, 9.17) is 0 Å². The molecule has 0 saturated heterocycles. The second kappa shape index (κ2) is 3.62. The molecular weight excluding hydrogens is 198 g/mol. The number of para-hydroxylation sites is 1. The molecule has 86 valence electrons. The van der Waals surface area contributed by atoms with Crippen LogP contribution in [0.25, 0.3) is 0 Å². The highest BCUT2D eigenvalue weighted by atomic mass is 16.2. The summed E-state index contributed by atoms with van der Waals surface area (Å²) in [5.41, 5.74) is 1.91. The van der Waals surface area contributed by atoms with Crippen LogP contribution in [0.5, 0.6) is 0 Å². The van der Waals surface area contributed by atoms with E-state index in [-0.39, 0.29) is 11.3 Å². The molecule has 1 aliphatic heterocycles. The lowest BCUT2D eigenvalue weighted by atomic mass is 9.77. The zero-order chi connectivity index (χ0) is 11.9. The van der Waals surface area contributed by atoms with Gasteiger partial charge in [-0.2, -0.15) is 0 Å². The van der Waals surface area contributed by atoms with Crippen LogP contribution in [0.2, 0.25) is 0 Å². The summed E-state index contributed by atoms with van der Waals surface area (Å²) in [6.07, 6.45) is 0.910. The van der Waals surface area contributed by atoms with Gasteiger partial charge in [0.25, 0.3) is 0 Å². The smallest absolute Gasteiger partial charge is 0.237 e. The maximum atomic E-state index is 12.3. The molecule has 0 fully saturated rings. The third-order valence-electron chi connectivity index (χ3n) is 3.45. The first-order valence-corrected chi connectivity index (χ1v) is 5.84. The Balaban J connectivity index is 2.52. The first kappa shape index (κ1) is 11.2. The van der Waals surface area contributed by atoms with Gasteiger partial charge in [-0.25, -0.2) is 0 Å². The van der Waals surface area contributed by atoms with E-state index >= 15 is 0 Å². The number of anilines is 1. The lowest BCUT2D eigenvalue weighted by Gasteiger charge is -2.25. The van der Waals surface area contributed by atoms with Crippen molar-refractivity contribution in [3.8, 4) is 0 Å². The van der Waals surface area contributed by atoms with Crippen molar-refractivity contribution in [2.45, 2.75) is 32.6 Å². The fourth-order valence-electron chi connectivity index (χ4n) is 2.84. The van der Waals surface area contributed by atoms with Gasteiger partial charge in [0.1, 0.15) is 0 Å². The largest absolute Gasteiger partial charge is 0.314 e. The molecule has 1 aromatic rings. The zero-order valence-corrected chi connectivity index (χ0v) is 10.4. The number of benzene rings is 1. The Morgan fingerprint density at radius 2 is 1.94 bits per heavy atom. The minimum Gasteiger partial charge on any atom is -0.314 e. The quantitative estimate of drug-likeness (QED) is 0.745. The van der Waals surface area contributed by atoms with E-state index in [1.165, 1.54) is 5.56 Å². The molecule has 0 aromatic heterocycles. The Bertz CT molecular complexity index is 424. The molecule has 0 spiro atoms. The van der Waals surface area contributed by atoms with Gasteiger partial charge in [0.15, 0.2) is 0 Å². The van der Waals surface area contributed by atoms with Crippen molar-refractivity contribution in [3.05, 3.63) is 29.8 Å². The Labute approximate surface area is 97.3 Å². The van der Waals surface area contributed by atoms with Gasteiger partial charge < -0.3 is 4.90 Å². The second-order valence-corrected chi connectivity index (χ2v) is 5.31. The number of carbonyl (C=O) groups excluding carboxylic acids is 1. The third kappa shape index (κ3) is 1.44. The lowest BCUT2D eigenvalue weighted by molar-refractivity contribution is -0.122. The first-order chi connectivity index (χ1) is 7.47. The van der Waals surface area contributed by atoms with Gasteiger partial charge in [-0.15, -0.1) is 0 Å². The Morgan fingerprint density at radius 3 is 2.56 bits per heavy atom. The van der Waals surface area contributed by atoms with Gasteiger partial charge in [-0.05, 0) is 30.9 Å². The van der Waals surface area contributed by atoms with Crippen LogP contribution in [0, 0.1) is 5.92 Å². The second-order valence-electron chi connectivity index (χ2n) is 5.31. The molecule has 1 aromatic carbocycles. The minimum absolute atomic E-state index is 0.224. The number of hydrogen-bond donors (Lipinski definition) is 0. The van der Waals surface area contributed by atoms with Crippen LogP contribution < -0.4 is 4.90 Å². The van der Waals surface area contributed by atoms with Crippen LogP contribution in [0.1, 0.15) is 32.8 Å². The standard InChI is InChI=1S/C14H19NO/c1-10(2)9-14(3)11-7-5-6-8-12(11)15(4)13(14)16/h5-8,10H,9H2,1-4H3. The Morgan fingerprint density at radius 1 is 1.31 bits per heavy atom. The SMILES string of the molecule is CC(C)CC1(C)C(=O)N(C)c2ccccc21. The molecule has 1 amide bonds. The summed E-state index contributed by atoms with van der Waals surface area (Å²) in [7, 11) is 1.87. The van der Waals surface area contributed by atoms with Crippen molar-refractivity contribution in [1.82, 2.24) is 0 Å². The number of rotatable bonds is 2. The average molecular weight is 217 g/mol. The highest BCUT2D eigenvalue weighted by molar-refractivity contribution is 6.07. The van der Waals surface area contributed by atoms with Crippen LogP contribution in [-0.4, -0.2) is 13.0 Å². The number of hydrogen-bond acceptors (Lipinski definition) is 1. The average Bonchev–Trinajstić information content (AvgIpc) is 2.42. The molecule has 2 rings (SSSR count). The van der Waals surface area contributed by atoms with Crippen molar-refractivity contribution in [1.29, 1.82) is 0 Å². The van der Waals surface area contributed by atoms with Crippen LogP contribution in [-0.2, 0) is 10.2 Å². The number of nitrogens with zero attached hydrogens (tertiary/aromatic N) is 1. The van der Waals surface area contributed by atoms with Gasteiger partial charge in [0.2, 0.25) is 5.91 Å². The van der Waals surface area contributed by atoms with E-state index in [0.717, 1.165) is 12.1 Å². The molecular formula is C14H19NO. The molecule has 1 heterocycles. The Hall–Kier alpha value is -1.31. The molecule has 2 heteroatoms. The van der Waals surface area contributed by atoms with Gasteiger partial charge in [-0.1, -0.05) is 32.0 Å². The topological polar surface area (TPSA) is 20.3 Å².